The van der Waals surface area contributed by atoms with Crippen LogP contribution in [-0.2, 0) is 11.3 Å². The molecule has 2 aromatic heterocycles. The van der Waals surface area contributed by atoms with Crippen molar-refractivity contribution in [2.75, 3.05) is 11.9 Å². The quantitative estimate of drug-likeness (QED) is 0.867. The Bertz CT molecular complexity index is 743. The number of thioether (sulfide) groups is 1. The predicted molar refractivity (Wildman–Crippen MR) is 87.6 cm³/mol. The van der Waals surface area contributed by atoms with Crippen LogP contribution < -0.4 is 10.2 Å². The van der Waals surface area contributed by atoms with E-state index in [1.807, 2.05) is 17.3 Å². The van der Waals surface area contributed by atoms with Gasteiger partial charge in [-0.2, -0.15) is 11.3 Å². The van der Waals surface area contributed by atoms with Crippen molar-refractivity contribution in [1.82, 2.24) is 15.3 Å². The van der Waals surface area contributed by atoms with E-state index in [9.17, 15) is 9.59 Å². The van der Waals surface area contributed by atoms with Crippen LogP contribution in [0.4, 0.5) is 10.7 Å². The van der Waals surface area contributed by atoms with Crippen LogP contribution in [-0.4, -0.2) is 28.2 Å². The fourth-order valence-corrected chi connectivity index (χ4v) is 3.24. The number of amides is 2. The molecule has 0 aromatic carbocycles. The fourth-order valence-electron chi connectivity index (χ4n) is 1.91. The minimum Gasteiger partial charge on any atom is -0.340 e. The lowest BCUT2D eigenvalue weighted by molar-refractivity contribution is -0.115. The summed E-state index contributed by atoms with van der Waals surface area (Å²) in [5.74, 6) is 0.178. The van der Waals surface area contributed by atoms with Crippen molar-refractivity contribution in [2.45, 2.75) is 6.54 Å². The van der Waals surface area contributed by atoms with Crippen molar-refractivity contribution in [1.29, 1.82) is 0 Å². The van der Waals surface area contributed by atoms with Gasteiger partial charge < -0.3 is 4.90 Å². The molecule has 22 heavy (non-hydrogen) atoms. The smallest absolute Gasteiger partial charge is 0.290 e. The van der Waals surface area contributed by atoms with Crippen LogP contribution in [0.15, 0.2) is 34.0 Å². The average Bonchev–Trinajstić information content (AvgIpc) is 3.09. The topological polar surface area (TPSA) is 75.2 Å². The van der Waals surface area contributed by atoms with Gasteiger partial charge in [-0.05, 0) is 46.3 Å². The van der Waals surface area contributed by atoms with Crippen LogP contribution in [0, 0.1) is 0 Å². The molecular weight excluding hydrogens is 320 g/mol. The summed E-state index contributed by atoms with van der Waals surface area (Å²) in [6.45, 7) is 0.706. The molecule has 1 aliphatic rings. The Morgan fingerprint density at radius 2 is 2.23 bits per heavy atom. The van der Waals surface area contributed by atoms with Gasteiger partial charge in [-0.3, -0.25) is 14.9 Å². The number of nitrogens with zero attached hydrogens (tertiary/aromatic N) is 3. The van der Waals surface area contributed by atoms with E-state index >= 15 is 0 Å². The summed E-state index contributed by atoms with van der Waals surface area (Å²) in [5, 5.41) is 5.96. The summed E-state index contributed by atoms with van der Waals surface area (Å²) >= 11 is 2.52. The number of anilines is 1. The zero-order valence-corrected chi connectivity index (χ0v) is 13.3. The number of nitrogens with one attached hydrogen (secondary N) is 1. The molecule has 3 heterocycles. The molecule has 1 fully saturated rings. The monoisotopic (exact) mass is 332 g/mol. The van der Waals surface area contributed by atoms with Gasteiger partial charge in [0, 0.05) is 19.8 Å². The van der Waals surface area contributed by atoms with Gasteiger partial charge in [0.05, 0.1) is 10.6 Å². The highest BCUT2D eigenvalue weighted by molar-refractivity contribution is 8.18. The molecule has 6 nitrogen and oxygen atoms in total. The highest BCUT2D eigenvalue weighted by Crippen LogP contribution is 2.25. The van der Waals surface area contributed by atoms with Crippen molar-refractivity contribution in [2.24, 2.45) is 0 Å². The molecule has 1 aliphatic heterocycles. The lowest BCUT2D eigenvalue weighted by Crippen LogP contribution is -2.19. The zero-order chi connectivity index (χ0) is 15.5. The average molecular weight is 332 g/mol. The van der Waals surface area contributed by atoms with Crippen LogP contribution in [0.5, 0.6) is 0 Å². The first kappa shape index (κ1) is 14.7. The Hall–Kier alpha value is -2.19. The number of hydrogen-bond donors (Lipinski definition) is 1. The molecule has 3 rings (SSSR count). The third-order valence-corrected chi connectivity index (χ3v) is 4.47. The molecule has 2 amide bonds. The van der Waals surface area contributed by atoms with Crippen LogP contribution in [0.3, 0.4) is 0 Å². The standard InChI is InChI=1S/C14H12N4O2S2/c1-18(7-9-3-5-21-8-9)13-15-4-2-10(16-13)6-11-12(19)17-14(20)22-11/h2-6,8H,7H2,1H3,(H,17,19,20)/b11-6-. The second-order valence-corrected chi connectivity index (χ2v) is 6.42. The molecule has 8 heteroatoms. The Balaban J connectivity index is 1.79. The van der Waals surface area contributed by atoms with Crippen LogP contribution in [0.2, 0.25) is 0 Å². The Morgan fingerprint density at radius 1 is 1.36 bits per heavy atom. The Morgan fingerprint density at radius 3 is 2.91 bits per heavy atom. The second kappa shape index (κ2) is 6.29. The molecular formula is C14H12N4O2S2. The minimum absolute atomic E-state index is 0.343. The van der Waals surface area contributed by atoms with E-state index in [-0.39, 0.29) is 11.1 Å². The van der Waals surface area contributed by atoms with Gasteiger partial charge in [0.25, 0.3) is 11.1 Å². The molecule has 0 spiro atoms. The normalized spacial score (nSPS) is 16.1. The Kier molecular flexibility index (Phi) is 4.21. The molecule has 0 unspecified atom stereocenters. The molecule has 0 aliphatic carbocycles. The molecule has 0 radical (unpaired) electrons. The first-order chi connectivity index (χ1) is 10.6. The first-order valence-electron chi connectivity index (χ1n) is 6.42. The highest BCUT2D eigenvalue weighted by atomic mass is 32.2. The van der Waals surface area contributed by atoms with Crippen molar-refractivity contribution in [3.8, 4) is 0 Å². The van der Waals surface area contributed by atoms with E-state index in [0.29, 0.717) is 23.1 Å². The molecule has 0 bridgehead atoms. The summed E-state index contributed by atoms with van der Waals surface area (Å²) in [4.78, 5) is 33.6. The zero-order valence-electron chi connectivity index (χ0n) is 11.6. The van der Waals surface area contributed by atoms with Crippen molar-refractivity contribution in [3.05, 3.63) is 45.3 Å². The SMILES string of the molecule is CN(Cc1ccsc1)c1nccc(/C=C2\SC(=O)NC2=O)n1. The number of imide groups is 1. The van der Waals surface area contributed by atoms with Crippen LogP contribution in [0.1, 0.15) is 11.3 Å². The summed E-state index contributed by atoms with van der Waals surface area (Å²) in [6.07, 6.45) is 3.23. The molecule has 0 saturated carbocycles. The molecule has 112 valence electrons. The summed E-state index contributed by atoms with van der Waals surface area (Å²) < 4.78 is 0. The van der Waals surface area contributed by atoms with Crippen molar-refractivity contribution < 1.29 is 9.59 Å². The summed E-state index contributed by atoms with van der Waals surface area (Å²) in [7, 11) is 1.91. The second-order valence-electron chi connectivity index (χ2n) is 4.62. The first-order valence-corrected chi connectivity index (χ1v) is 8.18. The van der Waals surface area contributed by atoms with E-state index in [4.69, 9.17) is 0 Å². The number of thiophene rings is 1. The van der Waals surface area contributed by atoms with Crippen LogP contribution in [0.25, 0.3) is 6.08 Å². The number of carbonyl (C=O) groups excluding carboxylic acids is 2. The van der Waals surface area contributed by atoms with Gasteiger partial charge in [0.2, 0.25) is 5.95 Å². The largest absolute Gasteiger partial charge is 0.340 e. The fraction of sp³-hybridized carbons (Fsp3) is 0.143. The van der Waals surface area contributed by atoms with Gasteiger partial charge in [0.15, 0.2) is 0 Å². The molecule has 1 saturated heterocycles. The highest BCUT2D eigenvalue weighted by Gasteiger charge is 2.25. The van der Waals surface area contributed by atoms with Gasteiger partial charge in [0.1, 0.15) is 0 Å². The molecule has 0 atom stereocenters. The van der Waals surface area contributed by atoms with E-state index in [0.717, 1.165) is 11.8 Å². The third kappa shape index (κ3) is 3.34. The van der Waals surface area contributed by atoms with Gasteiger partial charge >= 0.3 is 0 Å². The number of rotatable bonds is 4. The number of carbonyl (C=O) groups is 2. The van der Waals surface area contributed by atoms with E-state index in [1.165, 1.54) is 5.56 Å². The van der Waals surface area contributed by atoms with Crippen LogP contribution >= 0.6 is 23.1 Å². The Labute approximate surface area is 135 Å². The lowest BCUT2D eigenvalue weighted by atomic mass is 10.3. The van der Waals surface area contributed by atoms with E-state index < -0.39 is 0 Å². The summed E-state index contributed by atoms with van der Waals surface area (Å²) in [6, 6.07) is 3.75. The number of hydrogen-bond acceptors (Lipinski definition) is 7. The van der Waals surface area contributed by atoms with E-state index in [2.05, 4.69) is 26.7 Å². The van der Waals surface area contributed by atoms with Gasteiger partial charge in [-0.1, -0.05) is 0 Å². The lowest BCUT2D eigenvalue weighted by Gasteiger charge is -2.16. The minimum atomic E-state index is -0.387. The summed E-state index contributed by atoms with van der Waals surface area (Å²) in [5.41, 5.74) is 1.78. The predicted octanol–water partition coefficient (Wildman–Crippen LogP) is 2.50. The maximum absolute atomic E-state index is 11.5. The van der Waals surface area contributed by atoms with E-state index in [1.54, 1.807) is 29.7 Å². The van der Waals surface area contributed by atoms with Gasteiger partial charge in [-0.15, -0.1) is 0 Å². The number of aromatic nitrogens is 2. The molecule has 1 N–H and O–H groups in total. The van der Waals surface area contributed by atoms with Crippen molar-refractivity contribution >= 4 is 46.3 Å². The maximum Gasteiger partial charge on any atom is 0.290 e. The third-order valence-electron chi connectivity index (χ3n) is 2.93. The molecule has 2 aromatic rings. The van der Waals surface area contributed by atoms with Gasteiger partial charge in [-0.25, -0.2) is 9.97 Å². The van der Waals surface area contributed by atoms with Crippen molar-refractivity contribution in [3.63, 3.8) is 0 Å². The maximum atomic E-state index is 11.5.